The first-order chi connectivity index (χ1) is 8.44. The normalized spacial score (nSPS) is 23.1. The zero-order valence-corrected chi connectivity index (χ0v) is 11.6. The van der Waals surface area contributed by atoms with E-state index < -0.39 is 10.0 Å². The molecule has 2 unspecified atom stereocenters. The highest BCUT2D eigenvalue weighted by Crippen LogP contribution is 2.37. The summed E-state index contributed by atoms with van der Waals surface area (Å²) < 4.78 is 26.9. The quantitative estimate of drug-likeness (QED) is 0.847. The molecule has 18 heavy (non-hydrogen) atoms. The van der Waals surface area contributed by atoms with Crippen molar-refractivity contribution in [2.24, 2.45) is 17.6 Å². The van der Waals surface area contributed by atoms with Crippen LogP contribution in [0.5, 0.6) is 0 Å². The predicted octanol–water partition coefficient (Wildman–Crippen LogP) is 1.39. The van der Waals surface area contributed by atoms with Crippen LogP contribution in [0.4, 0.5) is 0 Å². The zero-order valence-electron chi connectivity index (χ0n) is 10.8. The molecule has 0 amide bonds. The first kappa shape index (κ1) is 13.5. The van der Waals surface area contributed by atoms with Crippen LogP contribution in [-0.2, 0) is 16.6 Å². The predicted molar refractivity (Wildman–Crippen MR) is 71.5 cm³/mol. The second-order valence-electron chi connectivity index (χ2n) is 5.12. The monoisotopic (exact) mass is 268 g/mol. The van der Waals surface area contributed by atoms with Gasteiger partial charge in [0.2, 0.25) is 10.0 Å². The summed E-state index contributed by atoms with van der Waals surface area (Å²) in [5.74, 6) is 1.14. The van der Waals surface area contributed by atoms with E-state index in [4.69, 9.17) is 5.73 Å². The van der Waals surface area contributed by atoms with Gasteiger partial charge >= 0.3 is 0 Å². The molecule has 2 rings (SSSR count). The van der Waals surface area contributed by atoms with Crippen molar-refractivity contribution in [3.8, 4) is 0 Å². The maximum absolute atomic E-state index is 12.1. The van der Waals surface area contributed by atoms with Gasteiger partial charge in [-0.2, -0.15) is 0 Å². The SMILES string of the molecule is Cc1ccc(S(=O)(=O)NCC2CC2C)cc1CN. The zero-order chi connectivity index (χ0) is 13.3. The van der Waals surface area contributed by atoms with Crippen LogP contribution in [0.25, 0.3) is 0 Å². The fraction of sp³-hybridized carbons (Fsp3) is 0.538. The molecule has 0 spiro atoms. The smallest absolute Gasteiger partial charge is 0.240 e. The Morgan fingerprint density at radius 1 is 1.44 bits per heavy atom. The van der Waals surface area contributed by atoms with Crippen molar-refractivity contribution in [2.75, 3.05) is 6.54 Å². The Morgan fingerprint density at radius 2 is 2.11 bits per heavy atom. The molecule has 1 aliphatic rings. The second-order valence-corrected chi connectivity index (χ2v) is 6.88. The molecule has 1 aromatic rings. The van der Waals surface area contributed by atoms with E-state index in [1.54, 1.807) is 18.2 Å². The molecule has 100 valence electrons. The van der Waals surface area contributed by atoms with Crippen LogP contribution in [-0.4, -0.2) is 15.0 Å². The van der Waals surface area contributed by atoms with E-state index in [1.807, 2.05) is 6.92 Å². The molecular formula is C13H20N2O2S. The Balaban J connectivity index is 2.13. The fourth-order valence-electron chi connectivity index (χ4n) is 2.02. The summed E-state index contributed by atoms with van der Waals surface area (Å²) in [5.41, 5.74) is 7.49. The van der Waals surface area contributed by atoms with E-state index in [0.29, 0.717) is 29.8 Å². The highest BCUT2D eigenvalue weighted by Gasteiger charge is 2.33. The average Bonchev–Trinajstić information content (AvgIpc) is 3.03. The minimum absolute atomic E-state index is 0.307. The molecule has 1 fully saturated rings. The Hall–Kier alpha value is -0.910. The summed E-state index contributed by atoms with van der Waals surface area (Å²) >= 11 is 0. The number of hydrogen-bond donors (Lipinski definition) is 2. The van der Waals surface area contributed by atoms with Crippen LogP contribution < -0.4 is 10.5 Å². The van der Waals surface area contributed by atoms with Crippen LogP contribution in [0.1, 0.15) is 24.5 Å². The van der Waals surface area contributed by atoms with Gasteiger partial charge in [-0.25, -0.2) is 13.1 Å². The summed E-state index contributed by atoms with van der Waals surface area (Å²) in [7, 11) is -3.39. The number of benzene rings is 1. The molecule has 3 N–H and O–H groups in total. The Bertz CT molecular complexity index is 540. The first-order valence-electron chi connectivity index (χ1n) is 6.23. The lowest BCUT2D eigenvalue weighted by Crippen LogP contribution is -2.26. The molecule has 1 aromatic carbocycles. The molecule has 0 aliphatic heterocycles. The fourth-order valence-corrected chi connectivity index (χ4v) is 3.16. The highest BCUT2D eigenvalue weighted by atomic mass is 32.2. The van der Waals surface area contributed by atoms with Gasteiger partial charge in [-0.05, 0) is 48.4 Å². The van der Waals surface area contributed by atoms with Gasteiger partial charge in [-0.15, -0.1) is 0 Å². The summed E-state index contributed by atoms with van der Waals surface area (Å²) in [4.78, 5) is 0.307. The summed E-state index contributed by atoms with van der Waals surface area (Å²) in [6.45, 7) is 4.96. The van der Waals surface area contributed by atoms with E-state index in [2.05, 4.69) is 11.6 Å². The van der Waals surface area contributed by atoms with Crippen LogP contribution in [0.2, 0.25) is 0 Å². The number of sulfonamides is 1. The second kappa shape index (κ2) is 4.99. The van der Waals surface area contributed by atoms with E-state index in [9.17, 15) is 8.42 Å². The van der Waals surface area contributed by atoms with Gasteiger partial charge in [0.05, 0.1) is 4.90 Å². The number of nitrogens with two attached hydrogens (primary N) is 1. The van der Waals surface area contributed by atoms with E-state index in [0.717, 1.165) is 17.5 Å². The van der Waals surface area contributed by atoms with Gasteiger partial charge in [0.1, 0.15) is 0 Å². The number of rotatable bonds is 5. The number of aryl methyl sites for hydroxylation is 1. The van der Waals surface area contributed by atoms with E-state index in [1.165, 1.54) is 0 Å². The third-order valence-electron chi connectivity index (χ3n) is 3.66. The Morgan fingerprint density at radius 3 is 2.67 bits per heavy atom. The van der Waals surface area contributed by atoms with Crippen molar-refractivity contribution in [2.45, 2.75) is 31.7 Å². The molecule has 5 heteroatoms. The Kier molecular flexibility index (Phi) is 3.75. The summed E-state index contributed by atoms with van der Waals surface area (Å²) in [6, 6.07) is 5.09. The standard InChI is InChI=1S/C13H20N2O2S/c1-9-3-4-13(6-11(9)7-14)18(16,17)15-8-12-5-10(12)2/h3-4,6,10,12,15H,5,7-8,14H2,1-2H3. The Labute approximate surface area is 109 Å². The van der Waals surface area contributed by atoms with Crippen LogP contribution in [0, 0.1) is 18.8 Å². The van der Waals surface area contributed by atoms with Crippen LogP contribution in [0.3, 0.4) is 0 Å². The van der Waals surface area contributed by atoms with Crippen molar-refractivity contribution in [1.29, 1.82) is 0 Å². The third-order valence-corrected chi connectivity index (χ3v) is 5.08. The lowest BCUT2D eigenvalue weighted by Gasteiger charge is -2.09. The van der Waals surface area contributed by atoms with Crippen LogP contribution in [0.15, 0.2) is 23.1 Å². The van der Waals surface area contributed by atoms with Gasteiger partial charge < -0.3 is 5.73 Å². The minimum Gasteiger partial charge on any atom is -0.326 e. The first-order valence-corrected chi connectivity index (χ1v) is 7.71. The number of hydrogen-bond acceptors (Lipinski definition) is 3. The highest BCUT2D eigenvalue weighted by molar-refractivity contribution is 7.89. The molecule has 0 bridgehead atoms. The maximum atomic E-state index is 12.1. The van der Waals surface area contributed by atoms with Crippen molar-refractivity contribution >= 4 is 10.0 Å². The average molecular weight is 268 g/mol. The van der Waals surface area contributed by atoms with Crippen molar-refractivity contribution in [3.05, 3.63) is 29.3 Å². The third kappa shape index (κ3) is 2.91. The molecule has 0 heterocycles. The van der Waals surface area contributed by atoms with Gasteiger partial charge in [-0.1, -0.05) is 13.0 Å². The molecule has 1 aliphatic carbocycles. The molecule has 2 atom stereocenters. The molecule has 1 saturated carbocycles. The van der Waals surface area contributed by atoms with Gasteiger partial charge in [0.25, 0.3) is 0 Å². The van der Waals surface area contributed by atoms with Gasteiger partial charge in [0, 0.05) is 13.1 Å². The largest absolute Gasteiger partial charge is 0.326 e. The van der Waals surface area contributed by atoms with Crippen molar-refractivity contribution in [3.63, 3.8) is 0 Å². The van der Waals surface area contributed by atoms with Crippen LogP contribution >= 0.6 is 0 Å². The van der Waals surface area contributed by atoms with Gasteiger partial charge in [-0.3, -0.25) is 0 Å². The minimum atomic E-state index is -3.39. The van der Waals surface area contributed by atoms with Crippen molar-refractivity contribution in [1.82, 2.24) is 4.72 Å². The maximum Gasteiger partial charge on any atom is 0.240 e. The van der Waals surface area contributed by atoms with E-state index >= 15 is 0 Å². The van der Waals surface area contributed by atoms with E-state index in [-0.39, 0.29) is 0 Å². The number of nitrogens with one attached hydrogen (secondary N) is 1. The topological polar surface area (TPSA) is 72.2 Å². The molecule has 0 radical (unpaired) electrons. The lowest BCUT2D eigenvalue weighted by molar-refractivity contribution is 0.574. The summed E-state index contributed by atoms with van der Waals surface area (Å²) in [6.07, 6.45) is 1.12. The molecule has 0 saturated heterocycles. The lowest BCUT2D eigenvalue weighted by atomic mass is 10.1. The van der Waals surface area contributed by atoms with Crippen molar-refractivity contribution < 1.29 is 8.42 Å². The van der Waals surface area contributed by atoms with Gasteiger partial charge in [0.15, 0.2) is 0 Å². The molecular weight excluding hydrogens is 248 g/mol. The molecule has 4 nitrogen and oxygen atoms in total. The molecule has 0 aromatic heterocycles. The summed E-state index contributed by atoms with van der Waals surface area (Å²) in [5, 5.41) is 0.